The molecule has 1 saturated heterocycles. The first-order valence-electron chi connectivity index (χ1n) is 9.03. The Hall–Kier alpha value is -2.27. The second kappa shape index (κ2) is 8.90. The third-order valence-electron chi connectivity index (χ3n) is 4.72. The first kappa shape index (κ1) is 18.5. The van der Waals surface area contributed by atoms with E-state index < -0.39 is 0 Å². The molecule has 0 aliphatic carbocycles. The highest BCUT2D eigenvalue weighted by molar-refractivity contribution is 6.30. The lowest BCUT2D eigenvalue weighted by atomic mass is 10.1. The van der Waals surface area contributed by atoms with Gasteiger partial charge in [0.1, 0.15) is 0 Å². The Morgan fingerprint density at radius 3 is 2.73 bits per heavy atom. The van der Waals surface area contributed by atoms with Crippen LogP contribution in [0.15, 0.2) is 47.7 Å². The van der Waals surface area contributed by atoms with Gasteiger partial charge in [0.05, 0.1) is 0 Å². The van der Waals surface area contributed by atoms with Crippen molar-refractivity contribution in [3.63, 3.8) is 0 Å². The van der Waals surface area contributed by atoms with Crippen LogP contribution >= 0.6 is 11.6 Å². The number of nitrogens with zero attached hydrogens (tertiary/aromatic N) is 4. The molecule has 0 amide bonds. The second-order valence-electron chi connectivity index (χ2n) is 6.49. The minimum absolute atomic E-state index is 0.793. The summed E-state index contributed by atoms with van der Waals surface area (Å²) >= 11 is 6.17. The first-order chi connectivity index (χ1) is 12.7. The number of benzene rings is 1. The Morgan fingerprint density at radius 1 is 1.23 bits per heavy atom. The van der Waals surface area contributed by atoms with E-state index in [1.54, 1.807) is 6.20 Å². The number of rotatable bonds is 4. The number of piperazine rings is 1. The third kappa shape index (κ3) is 4.67. The number of aryl methyl sites for hydroxylation is 1. The first-order valence-corrected chi connectivity index (χ1v) is 9.41. The summed E-state index contributed by atoms with van der Waals surface area (Å²) in [5.41, 5.74) is 3.73. The predicted molar refractivity (Wildman–Crippen MR) is 109 cm³/mol. The van der Waals surface area contributed by atoms with Crippen LogP contribution in [-0.4, -0.2) is 55.6 Å². The van der Waals surface area contributed by atoms with Crippen LogP contribution in [0.3, 0.4) is 0 Å². The molecule has 0 saturated carbocycles. The van der Waals surface area contributed by atoms with Gasteiger partial charge in [-0.2, -0.15) is 0 Å². The monoisotopic (exact) mass is 371 g/mol. The highest BCUT2D eigenvalue weighted by Crippen LogP contribution is 2.25. The van der Waals surface area contributed by atoms with E-state index in [9.17, 15) is 0 Å². The van der Waals surface area contributed by atoms with Crippen LogP contribution in [0.2, 0.25) is 5.02 Å². The van der Waals surface area contributed by atoms with Crippen LogP contribution in [0, 0.1) is 6.92 Å². The highest BCUT2D eigenvalue weighted by atomic mass is 35.5. The van der Waals surface area contributed by atoms with Gasteiger partial charge < -0.3 is 15.1 Å². The normalized spacial score (nSPS) is 15.3. The summed E-state index contributed by atoms with van der Waals surface area (Å²) in [6.07, 6.45) is 4.65. The summed E-state index contributed by atoms with van der Waals surface area (Å²) in [5.74, 6) is 0.969. The number of pyridine rings is 1. The van der Waals surface area contributed by atoms with Crippen LogP contribution in [0.25, 0.3) is 0 Å². The van der Waals surface area contributed by atoms with Gasteiger partial charge in [0.15, 0.2) is 5.96 Å². The Labute approximate surface area is 160 Å². The third-order valence-corrected chi connectivity index (χ3v) is 4.96. The number of hydrogen-bond donors (Lipinski definition) is 1. The topological polar surface area (TPSA) is 43.8 Å². The molecule has 2 aromatic rings. The largest absolute Gasteiger partial charge is 0.368 e. The number of halogens is 1. The van der Waals surface area contributed by atoms with Crippen molar-refractivity contribution in [2.75, 3.05) is 44.7 Å². The lowest BCUT2D eigenvalue weighted by Crippen LogP contribution is -2.53. The molecule has 1 aromatic heterocycles. The van der Waals surface area contributed by atoms with Crippen LogP contribution in [0.1, 0.15) is 11.1 Å². The van der Waals surface area contributed by atoms with Gasteiger partial charge in [0.25, 0.3) is 0 Å². The Kier molecular flexibility index (Phi) is 6.34. The molecule has 26 heavy (non-hydrogen) atoms. The van der Waals surface area contributed by atoms with Gasteiger partial charge in [0, 0.05) is 62.9 Å². The Bertz CT molecular complexity index is 739. The summed E-state index contributed by atoms with van der Waals surface area (Å²) in [7, 11) is 1.85. The summed E-state index contributed by atoms with van der Waals surface area (Å²) in [6, 6.07) is 10.2. The Morgan fingerprint density at radius 2 is 2.04 bits per heavy atom. The molecule has 0 spiro atoms. The molecule has 1 aromatic carbocycles. The molecule has 0 unspecified atom stereocenters. The molecular weight excluding hydrogens is 346 g/mol. The minimum Gasteiger partial charge on any atom is -0.368 e. The molecule has 1 aliphatic heterocycles. The zero-order valence-corrected chi connectivity index (χ0v) is 16.2. The number of anilines is 1. The lowest BCUT2D eigenvalue weighted by molar-refractivity contribution is 0.373. The van der Waals surface area contributed by atoms with Gasteiger partial charge in [-0.05, 0) is 42.7 Å². The second-order valence-corrected chi connectivity index (χ2v) is 6.93. The quantitative estimate of drug-likeness (QED) is 0.662. The molecule has 1 N–H and O–H groups in total. The van der Waals surface area contributed by atoms with Crippen molar-refractivity contribution in [3.05, 3.63) is 58.9 Å². The number of aliphatic imine (C=N–C) groups is 1. The summed E-state index contributed by atoms with van der Waals surface area (Å²) < 4.78 is 0. The molecule has 5 nitrogen and oxygen atoms in total. The average molecular weight is 372 g/mol. The van der Waals surface area contributed by atoms with E-state index in [4.69, 9.17) is 11.6 Å². The minimum atomic E-state index is 0.793. The highest BCUT2D eigenvalue weighted by Gasteiger charge is 2.20. The predicted octanol–water partition coefficient (Wildman–Crippen LogP) is 2.98. The SMILES string of the molecule is CN=C(NCCc1cccnc1)N1CCN(c2cc(Cl)ccc2C)CC1. The van der Waals surface area contributed by atoms with Crippen molar-refractivity contribution >= 4 is 23.2 Å². The lowest BCUT2D eigenvalue weighted by Gasteiger charge is -2.38. The Balaban J connectivity index is 1.52. The van der Waals surface area contributed by atoms with Crippen LogP contribution in [-0.2, 0) is 6.42 Å². The molecule has 0 radical (unpaired) electrons. The van der Waals surface area contributed by atoms with E-state index in [0.29, 0.717) is 0 Å². The summed E-state index contributed by atoms with van der Waals surface area (Å²) in [5, 5.41) is 4.26. The van der Waals surface area contributed by atoms with Crippen molar-refractivity contribution in [1.82, 2.24) is 15.2 Å². The van der Waals surface area contributed by atoms with Crippen LogP contribution in [0.5, 0.6) is 0 Å². The number of hydrogen-bond acceptors (Lipinski definition) is 3. The van der Waals surface area contributed by atoms with E-state index >= 15 is 0 Å². The summed E-state index contributed by atoms with van der Waals surface area (Å²) in [6.45, 7) is 6.80. The number of aromatic nitrogens is 1. The zero-order valence-electron chi connectivity index (χ0n) is 15.5. The van der Waals surface area contributed by atoms with E-state index in [1.807, 2.05) is 25.4 Å². The fraction of sp³-hybridized carbons (Fsp3) is 0.400. The van der Waals surface area contributed by atoms with Gasteiger partial charge in [-0.25, -0.2) is 0 Å². The van der Waals surface area contributed by atoms with E-state index in [-0.39, 0.29) is 0 Å². The van der Waals surface area contributed by atoms with Gasteiger partial charge in [0.2, 0.25) is 0 Å². The molecule has 2 heterocycles. The average Bonchev–Trinajstić information content (AvgIpc) is 2.68. The van der Waals surface area contributed by atoms with Gasteiger partial charge in [-0.15, -0.1) is 0 Å². The van der Waals surface area contributed by atoms with Crippen molar-refractivity contribution in [3.8, 4) is 0 Å². The summed E-state index contributed by atoms with van der Waals surface area (Å²) in [4.78, 5) is 13.3. The maximum atomic E-state index is 6.17. The maximum absolute atomic E-state index is 6.17. The smallest absolute Gasteiger partial charge is 0.193 e. The van der Waals surface area contributed by atoms with Crippen molar-refractivity contribution < 1.29 is 0 Å². The molecule has 1 fully saturated rings. The molecule has 138 valence electrons. The van der Waals surface area contributed by atoms with Gasteiger partial charge >= 0.3 is 0 Å². The van der Waals surface area contributed by atoms with Crippen molar-refractivity contribution in [1.29, 1.82) is 0 Å². The fourth-order valence-corrected chi connectivity index (χ4v) is 3.45. The van der Waals surface area contributed by atoms with Crippen molar-refractivity contribution in [2.24, 2.45) is 4.99 Å². The molecule has 1 aliphatic rings. The van der Waals surface area contributed by atoms with Crippen LogP contribution < -0.4 is 10.2 Å². The van der Waals surface area contributed by atoms with E-state index in [0.717, 1.165) is 50.1 Å². The molecule has 6 heteroatoms. The number of nitrogens with one attached hydrogen (secondary N) is 1. The zero-order chi connectivity index (χ0) is 18.4. The molecule has 0 atom stereocenters. The maximum Gasteiger partial charge on any atom is 0.193 e. The molecular formula is C20H26ClN5. The standard InChI is InChI=1S/C20H26ClN5/c1-16-5-6-18(21)14-19(16)25-10-12-26(13-11-25)20(22-2)24-9-7-17-4-3-8-23-15-17/h3-6,8,14-15H,7,9-13H2,1-2H3,(H,22,24). The fourth-order valence-electron chi connectivity index (χ4n) is 3.28. The van der Waals surface area contributed by atoms with Gasteiger partial charge in [-0.3, -0.25) is 9.98 Å². The molecule has 3 rings (SSSR count). The van der Waals surface area contributed by atoms with Crippen LogP contribution in [0.4, 0.5) is 5.69 Å². The molecule has 0 bridgehead atoms. The van der Waals surface area contributed by atoms with Gasteiger partial charge in [-0.1, -0.05) is 23.7 Å². The van der Waals surface area contributed by atoms with E-state index in [2.05, 4.69) is 50.2 Å². The number of guanidine groups is 1. The van der Waals surface area contributed by atoms with Crippen molar-refractivity contribution in [2.45, 2.75) is 13.3 Å². The van der Waals surface area contributed by atoms with E-state index in [1.165, 1.54) is 16.8 Å².